The van der Waals surface area contributed by atoms with E-state index in [0.717, 1.165) is 17.1 Å². The summed E-state index contributed by atoms with van der Waals surface area (Å²) in [6.45, 7) is 7.69. The van der Waals surface area contributed by atoms with Crippen LogP contribution in [0.2, 0.25) is 0 Å². The van der Waals surface area contributed by atoms with E-state index in [2.05, 4.69) is 63.3 Å². The molecule has 144 valence electrons. The first kappa shape index (κ1) is 19.9. The van der Waals surface area contributed by atoms with Gasteiger partial charge in [-0.05, 0) is 42.3 Å². The molecule has 0 aliphatic rings. The Labute approximate surface area is 168 Å². The van der Waals surface area contributed by atoms with Gasteiger partial charge in [-0.1, -0.05) is 86.2 Å². The fourth-order valence-corrected chi connectivity index (χ4v) is 2.80. The van der Waals surface area contributed by atoms with Crippen molar-refractivity contribution in [3.05, 3.63) is 102 Å². The van der Waals surface area contributed by atoms with Gasteiger partial charge in [0.2, 0.25) is 0 Å². The van der Waals surface area contributed by atoms with Crippen LogP contribution in [0.1, 0.15) is 30.5 Å². The number of hydrogen-bond donors (Lipinski definition) is 0. The van der Waals surface area contributed by atoms with Crippen LogP contribution in [0.25, 0.3) is 6.08 Å². The molecule has 2 heteroatoms. The lowest BCUT2D eigenvalue weighted by Crippen LogP contribution is -2.16. The molecule has 0 amide bonds. The van der Waals surface area contributed by atoms with Gasteiger partial charge >= 0.3 is 0 Å². The molecular formula is C26H28O2. The minimum absolute atomic E-state index is 0.0387. The monoisotopic (exact) mass is 372 g/mol. The van der Waals surface area contributed by atoms with Crippen LogP contribution in [0.3, 0.4) is 0 Å². The molecule has 3 aromatic rings. The fourth-order valence-electron chi connectivity index (χ4n) is 2.80. The minimum Gasteiger partial charge on any atom is -0.457 e. The number of rotatable bonds is 8. The Hall–Kier alpha value is -2.84. The molecule has 3 aromatic carbocycles. The van der Waals surface area contributed by atoms with Crippen molar-refractivity contribution in [3.8, 4) is 11.5 Å². The highest BCUT2D eigenvalue weighted by atomic mass is 16.5. The molecule has 0 spiro atoms. The van der Waals surface area contributed by atoms with E-state index in [1.807, 2.05) is 48.5 Å². The third-order valence-electron chi connectivity index (χ3n) is 4.42. The Morgan fingerprint density at radius 1 is 0.821 bits per heavy atom. The van der Waals surface area contributed by atoms with Crippen molar-refractivity contribution in [1.82, 2.24) is 0 Å². The maximum absolute atomic E-state index is 5.99. The highest BCUT2D eigenvalue weighted by Crippen LogP contribution is 2.23. The molecule has 0 saturated carbocycles. The largest absolute Gasteiger partial charge is 0.457 e. The van der Waals surface area contributed by atoms with Gasteiger partial charge in [-0.25, -0.2) is 0 Å². The van der Waals surface area contributed by atoms with Crippen LogP contribution in [0.15, 0.2) is 84.9 Å². The van der Waals surface area contributed by atoms with Gasteiger partial charge in [-0.2, -0.15) is 0 Å². The number of aryl methyl sites for hydroxylation is 1. The lowest BCUT2D eigenvalue weighted by atomic mass is 9.93. The Morgan fingerprint density at radius 3 is 2.29 bits per heavy atom. The molecular weight excluding hydrogens is 344 g/mol. The molecule has 0 aromatic heterocycles. The first-order valence-corrected chi connectivity index (χ1v) is 9.66. The molecule has 0 atom stereocenters. The summed E-state index contributed by atoms with van der Waals surface area (Å²) in [4.78, 5) is 0. The predicted octanol–water partition coefficient (Wildman–Crippen LogP) is 7.04. The lowest BCUT2D eigenvalue weighted by molar-refractivity contribution is 0.0719. The molecule has 0 aliphatic carbocycles. The smallest absolute Gasteiger partial charge is 0.127 e. The molecule has 0 fully saturated rings. The number of para-hydroxylation sites is 1. The van der Waals surface area contributed by atoms with Crippen LogP contribution in [-0.4, -0.2) is 6.61 Å². The minimum atomic E-state index is -0.0387. The van der Waals surface area contributed by atoms with Crippen molar-refractivity contribution in [3.63, 3.8) is 0 Å². The van der Waals surface area contributed by atoms with Gasteiger partial charge in [0.15, 0.2) is 0 Å². The van der Waals surface area contributed by atoms with Crippen LogP contribution in [0, 0.1) is 12.3 Å². The Kier molecular flexibility index (Phi) is 6.67. The summed E-state index contributed by atoms with van der Waals surface area (Å²) in [7, 11) is 0. The molecule has 3 rings (SSSR count). The number of benzene rings is 3. The van der Waals surface area contributed by atoms with Crippen molar-refractivity contribution in [2.75, 3.05) is 6.61 Å². The van der Waals surface area contributed by atoms with Gasteiger partial charge in [0.05, 0.1) is 13.2 Å². The van der Waals surface area contributed by atoms with Gasteiger partial charge in [-0.15, -0.1) is 0 Å². The zero-order valence-electron chi connectivity index (χ0n) is 16.9. The molecule has 2 nitrogen and oxygen atoms in total. The van der Waals surface area contributed by atoms with E-state index in [1.165, 1.54) is 11.1 Å². The quantitative estimate of drug-likeness (QED) is 0.422. The summed E-state index contributed by atoms with van der Waals surface area (Å²) >= 11 is 0. The van der Waals surface area contributed by atoms with Crippen LogP contribution in [0.5, 0.6) is 11.5 Å². The zero-order chi connectivity index (χ0) is 19.8. The van der Waals surface area contributed by atoms with Crippen molar-refractivity contribution in [2.24, 2.45) is 5.41 Å². The summed E-state index contributed by atoms with van der Waals surface area (Å²) in [5.41, 5.74) is 3.55. The van der Waals surface area contributed by atoms with E-state index in [0.29, 0.717) is 13.2 Å². The number of ether oxygens (including phenoxy) is 2. The van der Waals surface area contributed by atoms with E-state index in [4.69, 9.17) is 9.47 Å². The third-order valence-corrected chi connectivity index (χ3v) is 4.42. The molecule has 0 bridgehead atoms. The first-order chi connectivity index (χ1) is 13.5. The standard InChI is InChI=1S/C26H28O2/c1-21-12-14-22(15-13-21)16-17-26(2,3)20-27-19-23-8-7-11-25(18-23)28-24-9-5-4-6-10-24/h4-18H,19-20H2,1-3H3/b17-16+. The maximum atomic E-state index is 5.99. The van der Waals surface area contributed by atoms with Crippen molar-refractivity contribution >= 4 is 6.08 Å². The Morgan fingerprint density at radius 2 is 1.54 bits per heavy atom. The van der Waals surface area contributed by atoms with Crippen molar-refractivity contribution < 1.29 is 9.47 Å². The average molecular weight is 373 g/mol. The average Bonchev–Trinajstić information content (AvgIpc) is 2.69. The van der Waals surface area contributed by atoms with Crippen LogP contribution in [-0.2, 0) is 11.3 Å². The second kappa shape index (κ2) is 9.38. The van der Waals surface area contributed by atoms with Gasteiger partial charge in [0.25, 0.3) is 0 Å². The third kappa shape index (κ3) is 6.40. The second-order valence-corrected chi connectivity index (χ2v) is 7.79. The summed E-state index contributed by atoms with van der Waals surface area (Å²) in [6, 6.07) is 26.4. The lowest BCUT2D eigenvalue weighted by Gasteiger charge is -2.20. The fraction of sp³-hybridized carbons (Fsp3) is 0.231. The Bertz CT molecular complexity index is 893. The molecule has 0 saturated heterocycles. The summed E-state index contributed by atoms with van der Waals surface area (Å²) in [5.74, 6) is 1.66. The molecule has 28 heavy (non-hydrogen) atoms. The maximum Gasteiger partial charge on any atom is 0.127 e. The van der Waals surface area contributed by atoms with Gasteiger partial charge in [0, 0.05) is 5.41 Å². The molecule has 0 aliphatic heterocycles. The first-order valence-electron chi connectivity index (χ1n) is 9.66. The molecule has 0 heterocycles. The summed E-state index contributed by atoms with van der Waals surface area (Å²) in [6.07, 6.45) is 4.38. The second-order valence-electron chi connectivity index (χ2n) is 7.79. The highest BCUT2D eigenvalue weighted by molar-refractivity contribution is 5.50. The van der Waals surface area contributed by atoms with Gasteiger partial charge in [-0.3, -0.25) is 0 Å². The van der Waals surface area contributed by atoms with Crippen molar-refractivity contribution in [2.45, 2.75) is 27.4 Å². The zero-order valence-corrected chi connectivity index (χ0v) is 16.9. The summed E-state index contributed by atoms with van der Waals surface area (Å²) in [5, 5.41) is 0. The number of hydrogen-bond acceptors (Lipinski definition) is 2. The normalized spacial score (nSPS) is 11.7. The van der Waals surface area contributed by atoms with Gasteiger partial charge in [0.1, 0.15) is 11.5 Å². The van der Waals surface area contributed by atoms with Gasteiger partial charge < -0.3 is 9.47 Å². The SMILES string of the molecule is Cc1ccc(/C=C/C(C)(C)COCc2cccc(Oc3ccccc3)c2)cc1. The van der Waals surface area contributed by atoms with E-state index in [1.54, 1.807) is 0 Å². The van der Waals surface area contributed by atoms with E-state index in [-0.39, 0.29) is 5.41 Å². The van der Waals surface area contributed by atoms with Crippen LogP contribution < -0.4 is 4.74 Å². The van der Waals surface area contributed by atoms with E-state index >= 15 is 0 Å². The van der Waals surface area contributed by atoms with Crippen LogP contribution >= 0.6 is 0 Å². The van der Waals surface area contributed by atoms with Crippen molar-refractivity contribution in [1.29, 1.82) is 0 Å². The topological polar surface area (TPSA) is 18.5 Å². The predicted molar refractivity (Wildman–Crippen MR) is 117 cm³/mol. The van der Waals surface area contributed by atoms with E-state index < -0.39 is 0 Å². The molecule has 0 N–H and O–H groups in total. The highest BCUT2D eigenvalue weighted by Gasteiger charge is 2.14. The van der Waals surface area contributed by atoms with Crippen LogP contribution in [0.4, 0.5) is 0 Å². The molecule has 0 radical (unpaired) electrons. The molecule has 0 unspecified atom stereocenters. The van der Waals surface area contributed by atoms with E-state index in [9.17, 15) is 0 Å². The Balaban J connectivity index is 1.52. The summed E-state index contributed by atoms with van der Waals surface area (Å²) < 4.78 is 11.9.